The van der Waals surface area contributed by atoms with E-state index in [2.05, 4.69) is 41.7 Å². The molecule has 0 unspecified atom stereocenters. The van der Waals surface area contributed by atoms with Gasteiger partial charge in [0.25, 0.3) is 52.3 Å². The quantitative estimate of drug-likeness (QED) is 0.0225. The number of anilines is 6. The molecule has 404 valence electrons. The van der Waals surface area contributed by atoms with E-state index in [1.807, 2.05) is 0 Å². The molecule has 0 aliphatic carbocycles. The van der Waals surface area contributed by atoms with Crippen LogP contribution in [0, 0.1) is 0 Å². The number of nitrogens with one attached hydrogen (secondary N) is 4. The van der Waals surface area contributed by atoms with Gasteiger partial charge in [0, 0.05) is 164 Å². The Kier molecular flexibility index (Phi) is 23.1. The Balaban J connectivity index is 0.00000361. The minimum atomic E-state index is -5.02. The summed E-state index contributed by atoms with van der Waals surface area (Å²) in [6.07, 6.45) is 0. The average molecular weight is 1230 g/mol. The maximum absolute atomic E-state index is 13.2. The second kappa shape index (κ2) is 27.5. The van der Waals surface area contributed by atoms with Crippen LogP contribution >= 0.6 is 0 Å². The molecule has 0 atom stereocenters. The van der Waals surface area contributed by atoms with Gasteiger partial charge in [-0.25, -0.2) is 4.79 Å². The van der Waals surface area contributed by atoms with Crippen LogP contribution in [0.25, 0.3) is 21.5 Å². The standard InChI is InChI=1S/C47H36N10O17S4.4Na/c48-33-13-5-25-17-31(75(63,64)65)21-37(58)41(25)43(33)56-54-35-15-11-29(19-39(35)77(69,70)71)50-45(60)23-1-7-27(8-2-23)52-47(62)53-28-9-3-24(4-10-28)46(61)51-30-12-16-36(40(20-30)78(72,73)74)55-57-44-34(49)14-6-26-18-32(76(66,67)68)22-38(59)42(26)44;;;;/h1-22,58-59H,48-49H2,(H,50,60)(H,51,61)(H2,52,53,62)(H,63,64,65)(H,66,67,68)(H,69,70,71)(H,72,73,74);;;;. The predicted molar refractivity (Wildman–Crippen MR) is 305 cm³/mol. The van der Waals surface area contributed by atoms with Crippen molar-refractivity contribution in [3.8, 4) is 11.5 Å². The van der Waals surface area contributed by atoms with Gasteiger partial charge in [0.1, 0.15) is 44.0 Å². The molecule has 0 bridgehead atoms. The first kappa shape index (κ1) is 69.0. The zero-order valence-electron chi connectivity index (χ0n) is 43.0. The molecule has 4 radical (unpaired) electrons. The molecule has 82 heavy (non-hydrogen) atoms. The molecule has 0 spiro atoms. The molecule has 0 fully saturated rings. The SMILES string of the molecule is Nc1ccc2cc(S(=O)(=O)O)cc(O)c2c1N=Nc1ccc(NC(=O)c2ccc(NC(=O)Nc3ccc(C(=O)Nc4ccc(N=Nc5c(N)ccc6cc(S(=O)(=O)O)cc(O)c56)c(S(=O)(=O)O)c4)cc3)cc2)cc1S(=O)(=O)O.[Na].[Na].[Na].[Na]. The van der Waals surface area contributed by atoms with Gasteiger partial charge in [0.2, 0.25) is 0 Å². The molecule has 14 N–H and O–H groups in total. The third kappa shape index (κ3) is 16.4. The van der Waals surface area contributed by atoms with E-state index in [-0.39, 0.29) is 196 Å². The fourth-order valence-corrected chi connectivity index (χ4v) is 9.79. The third-order valence-corrected chi connectivity index (χ3v) is 14.5. The molecule has 4 amide bonds. The van der Waals surface area contributed by atoms with Crippen molar-refractivity contribution in [3.05, 3.63) is 145 Å². The van der Waals surface area contributed by atoms with Crippen molar-refractivity contribution >= 4 is 255 Å². The zero-order chi connectivity index (χ0) is 56.6. The number of nitrogens with zero attached hydrogens (tertiary/aromatic N) is 4. The molecule has 0 aliphatic heterocycles. The summed E-state index contributed by atoms with van der Waals surface area (Å²) in [4.78, 5) is 36.3. The number of phenolic OH excluding ortho intramolecular Hbond substituents is 2. The van der Waals surface area contributed by atoms with Crippen LogP contribution in [-0.2, 0) is 40.5 Å². The zero-order valence-corrected chi connectivity index (χ0v) is 54.2. The molecule has 27 nitrogen and oxygen atoms in total. The number of benzene rings is 8. The van der Waals surface area contributed by atoms with Crippen molar-refractivity contribution in [1.82, 2.24) is 0 Å². The van der Waals surface area contributed by atoms with E-state index in [0.717, 1.165) is 48.5 Å². The van der Waals surface area contributed by atoms with E-state index >= 15 is 0 Å². The van der Waals surface area contributed by atoms with Gasteiger partial charge in [0.15, 0.2) is 0 Å². The fourth-order valence-electron chi connectivity index (χ4n) is 7.42. The summed E-state index contributed by atoms with van der Waals surface area (Å²) >= 11 is 0. The van der Waals surface area contributed by atoms with Gasteiger partial charge in [-0.05, 0) is 120 Å². The number of fused-ring (bicyclic) bond motifs is 2. The van der Waals surface area contributed by atoms with Crippen LogP contribution in [0.3, 0.4) is 0 Å². The summed E-state index contributed by atoms with van der Waals surface area (Å²) in [5, 5.41) is 46.8. The number of aromatic hydroxyl groups is 2. The van der Waals surface area contributed by atoms with Gasteiger partial charge >= 0.3 is 6.03 Å². The van der Waals surface area contributed by atoms with Gasteiger partial charge < -0.3 is 42.9 Å². The monoisotopic (exact) mass is 1230 g/mol. The maximum Gasteiger partial charge on any atom is 0.323 e. The van der Waals surface area contributed by atoms with Crippen LogP contribution < -0.4 is 32.7 Å². The van der Waals surface area contributed by atoms with Crippen LogP contribution in [0.15, 0.2) is 173 Å². The van der Waals surface area contributed by atoms with Crippen molar-refractivity contribution in [2.24, 2.45) is 20.5 Å². The molecule has 35 heteroatoms. The summed E-state index contributed by atoms with van der Waals surface area (Å²) in [5.74, 6) is -2.81. The second-order valence-electron chi connectivity index (χ2n) is 16.4. The minimum Gasteiger partial charge on any atom is -0.507 e. The van der Waals surface area contributed by atoms with Crippen LogP contribution in [0.5, 0.6) is 11.5 Å². The van der Waals surface area contributed by atoms with E-state index in [9.17, 15) is 76.5 Å². The summed E-state index contributed by atoms with van der Waals surface area (Å²) in [6, 6.07) is 25.3. The van der Waals surface area contributed by atoms with Gasteiger partial charge in [0.05, 0.1) is 31.9 Å². The number of hydrogen-bond acceptors (Lipinski definition) is 19. The van der Waals surface area contributed by atoms with Crippen molar-refractivity contribution in [1.29, 1.82) is 0 Å². The Morgan fingerprint density at radius 2 is 0.720 bits per heavy atom. The Morgan fingerprint density at radius 3 is 1.04 bits per heavy atom. The molecular formula is C47H36N10Na4O17S4. The van der Waals surface area contributed by atoms with E-state index < -0.39 is 101 Å². The van der Waals surface area contributed by atoms with E-state index in [0.29, 0.717) is 0 Å². The van der Waals surface area contributed by atoms with E-state index in [1.165, 1.54) is 84.9 Å². The van der Waals surface area contributed by atoms with Crippen LogP contribution in [0.2, 0.25) is 0 Å². The largest absolute Gasteiger partial charge is 0.507 e. The smallest absolute Gasteiger partial charge is 0.323 e. The van der Waals surface area contributed by atoms with Crippen LogP contribution in [0.4, 0.5) is 61.7 Å². The predicted octanol–water partition coefficient (Wildman–Crippen LogP) is 7.01. The Morgan fingerprint density at radius 1 is 0.390 bits per heavy atom. The van der Waals surface area contributed by atoms with E-state index in [4.69, 9.17) is 11.5 Å². The molecule has 0 aliphatic rings. The number of carbonyl (C=O) groups excluding carboxylic acids is 3. The van der Waals surface area contributed by atoms with Crippen molar-refractivity contribution in [2.45, 2.75) is 19.6 Å². The number of nitrogens with two attached hydrogens (primary N) is 2. The number of nitrogen functional groups attached to an aromatic ring is 2. The molecule has 8 aromatic rings. The third-order valence-electron chi connectivity index (χ3n) is 11.1. The number of azo groups is 2. The summed E-state index contributed by atoms with van der Waals surface area (Å²) in [5.41, 5.74) is 10.9. The minimum absolute atomic E-state index is 0. The molecule has 8 aromatic carbocycles. The van der Waals surface area contributed by atoms with Crippen LogP contribution in [-0.4, -0.2) is 198 Å². The van der Waals surface area contributed by atoms with E-state index in [1.54, 1.807) is 0 Å². The van der Waals surface area contributed by atoms with Crippen molar-refractivity contribution in [2.75, 3.05) is 32.7 Å². The normalized spacial score (nSPS) is 11.7. The maximum atomic E-state index is 13.2. The number of urea groups is 1. The second-order valence-corrected chi connectivity index (χ2v) is 22.0. The Hall–Kier alpha value is -5.47. The van der Waals surface area contributed by atoms with Crippen molar-refractivity contribution in [3.63, 3.8) is 0 Å². The van der Waals surface area contributed by atoms with Gasteiger partial charge in [-0.2, -0.15) is 33.7 Å². The molecule has 8 rings (SSSR count). The molecule has 0 saturated heterocycles. The number of rotatable bonds is 14. The topological polar surface area (TPSA) is 459 Å². The van der Waals surface area contributed by atoms with Gasteiger partial charge in [-0.15, -0.1) is 20.5 Å². The van der Waals surface area contributed by atoms with Gasteiger partial charge in [-0.1, -0.05) is 12.1 Å². The first-order valence-corrected chi connectivity index (χ1v) is 27.3. The first-order valence-electron chi connectivity index (χ1n) is 21.6. The molecular weight excluding hydrogens is 1200 g/mol. The Labute approximate surface area is 553 Å². The van der Waals surface area contributed by atoms with Crippen LogP contribution in [0.1, 0.15) is 20.7 Å². The first-order chi connectivity index (χ1) is 36.5. The number of hydrogen-bond donors (Lipinski definition) is 12. The average Bonchev–Trinajstić information content (AvgIpc) is 3.36. The van der Waals surface area contributed by atoms with Crippen molar-refractivity contribution < 1.29 is 76.5 Å². The summed E-state index contributed by atoms with van der Waals surface area (Å²) in [7, 11) is -19.5. The van der Waals surface area contributed by atoms with Gasteiger partial charge in [-0.3, -0.25) is 27.8 Å². The molecule has 0 aromatic heterocycles. The molecule has 0 saturated carbocycles. The number of phenols is 2. The number of carbonyl (C=O) groups is 3. The number of amides is 4. The fraction of sp³-hybridized carbons (Fsp3) is 0. The molecule has 0 heterocycles. The summed E-state index contributed by atoms with van der Waals surface area (Å²) in [6.45, 7) is 0. The Bertz CT molecular complexity index is 4120. The summed E-state index contributed by atoms with van der Waals surface area (Å²) < 4.78 is 135.